The molecule has 116 valence electrons. The van der Waals surface area contributed by atoms with Crippen molar-refractivity contribution in [3.05, 3.63) is 42.0 Å². The lowest BCUT2D eigenvalue weighted by molar-refractivity contribution is 0.289. The van der Waals surface area contributed by atoms with Crippen LogP contribution in [0, 0.1) is 24.2 Å². The summed E-state index contributed by atoms with van der Waals surface area (Å²) in [5.74, 6) is 10.3. The zero-order valence-corrected chi connectivity index (χ0v) is 13.5. The molecule has 2 aromatic carbocycles. The normalized spacial score (nSPS) is 17.5. The summed E-state index contributed by atoms with van der Waals surface area (Å²) in [4.78, 5) is 2.36. The van der Waals surface area contributed by atoms with Crippen molar-refractivity contribution in [2.75, 3.05) is 20.2 Å². The van der Waals surface area contributed by atoms with Crippen LogP contribution in [0.15, 0.2) is 36.4 Å². The Kier molecular flexibility index (Phi) is 4.86. The first kappa shape index (κ1) is 15.5. The van der Waals surface area contributed by atoms with Crippen LogP contribution in [-0.4, -0.2) is 31.1 Å². The number of nitrogens with zero attached hydrogens (tertiary/aromatic N) is 1. The van der Waals surface area contributed by atoms with Gasteiger partial charge in [0.2, 0.25) is 0 Å². The first-order valence-corrected chi connectivity index (χ1v) is 8.05. The minimum absolute atomic E-state index is 0.486. The van der Waals surface area contributed by atoms with Gasteiger partial charge in [0.1, 0.15) is 5.75 Å². The van der Waals surface area contributed by atoms with Gasteiger partial charge in [-0.2, -0.15) is 0 Å². The van der Waals surface area contributed by atoms with Crippen LogP contribution in [0.5, 0.6) is 5.75 Å². The van der Waals surface area contributed by atoms with E-state index in [1.54, 1.807) is 7.11 Å². The van der Waals surface area contributed by atoms with Crippen molar-refractivity contribution in [1.29, 1.82) is 0 Å². The van der Waals surface area contributed by atoms with E-state index in [4.69, 9.17) is 11.2 Å². The molecule has 1 heterocycles. The number of ether oxygens (including phenoxy) is 1. The Morgan fingerprint density at radius 1 is 1.26 bits per heavy atom. The number of fused-ring (bicyclic) bond motifs is 1. The lowest BCUT2D eigenvalue weighted by Gasteiger charge is -2.19. The first-order valence-electron chi connectivity index (χ1n) is 8.05. The van der Waals surface area contributed by atoms with E-state index in [9.17, 15) is 0 Å². The monoisotopic (exact) mass is 303 g/mol. The van der Waals surface area contributed by atoms with E-state index in [0.717, 1.165) is 36.2 Å². The number of terminal acetylenes is 1. The number of likely N-dealkylation sites (tertiary alicyclic amines) is 1. The van der Waals surface area contributed by atoms with E-state index >= 15 is 0 Å². The fourth-order valence-electron chi connectivity index (χ4n) is 3.26. The molecule has 3 rings (SSSR count). The third kappa shape index (κ3) is 3.34. The zero-order valence-electron chi connectivity index (χ0n) is 13.5. The Labute approximate surface area is 138 Å². The molecule has 1 fully saturated rings. The van der Waals surface area contributed by atoms with Crippen LogP contribution in [0.1, 0.15) is 24.8 Å². The van der Waals surface area contributed by atoms with Crippen LogP contribution in [-0.2, 0) is 0 Å². The predicted molar refractivity (Wildman–Crippen MR) is 95.4 cm³/mol. The van der Waals surface area contributed by atoms with Gasteiger partial charge in [-0.25, -0.2) is 0 Å². The second-order valence-corrected chi connectivity index (χ2v) is 5.84. The molecule has 2 aromatic rings. The van der Waals surface area contributed by atoms with Crippen molar-refractivity contribution in [1.82, 2.24) is 4.90 Å². The van der Waals surface area contributed by atoms with Crippen molar-refractivity contribution >= 4 is 10.8 Å². The molecule has 0 aliphatic carbocycles. The Morgan fingerprint density at radius 3 is 2.96 bits per heavy atom. The third-order valence-corrected chi connectivity index (χ3v) is 4.46. The maximum Gasteiger partial charge on any atom is 0.135 e. The average Bonchev–Trinajstić information content (AvgIpc) is 3.02. The molecule has 2 heteroatoms. The number of hydrogen-bond donors (Lipinski definition) is 0. The largest absolute Gasteiger partial charge is 0.495 e. The van der Waals surface area contributed by atoms with Crippen LogP contribution in [0.3, 0.4) is 0 Å². The van der Waals surface area contributed by atoms with E-state index < -0.39 is 0 Å². The molecule has 1 aliphatic rings. The molecule has 2 nitrogen and oxygen atoms in total. The van der Waals surface area contributed by atoms with E-state index in [0.29, 0.717) is 6.04 Å². The van der Waals surface area contributed by atoms with Crippen molar-refractivity contribution < 1.29 is 4.74 Å². The van der Waals surface area contributed by atoms with Gasteiger partial charge in [0.25, 0.3) is 0 Å². The molecular formula is C21H21NO. The van der Waals surface area contributed by atoms with Gasteiger partial charge in [-0.3, -0.25) is 4.90 Å². The Hall–Kier alpha value is -2.42. The maximum atomic E-state index is 5.50. The topological polar surface area (TPSA) is 12.5 Å². The summed E-state index contributed by atoms with van der Waals surface area (Å²) < 4.78 is 5.50. The SMILES string of the molecule is C#CCN1CCC[C@H]1CC#Cc1c(OC)ccc2ccccc12. The van der Waals surface area contributed by atoms with Crippen LogP contribution in [0.25, 0.3) is 10.8 Å². The zero-order chi connectivity index (χ0) is 16.1. The van der Waals surface area contributed by atoms with Crippen LogP contribution >= 0.6 is 0 Å². The van der Waals surface area contributed by atoms with E-state index in [1.165, 1.54) is 18.2 Å². The Morgan fingerprint density at radius 2 is 2.13 bits per heavy atom. The lowest BCUT2D eigenvalue weighted by Crippen LogP contribution is -2.29. The molecule has 1 aliphatic heterocycles. The van der Waals surface area contributed by atoms with Crippen LogP contribution in [0.4, 0.5) is 0 Å². The number of hydrogen-bond acceptors (Lipinski definition) is 2. The molecule has 0 radical (unpaired) electrons. The van der Waals surface area contributed by atoms with Crippen molar-refractivity contribution in [3.63, 3.8) is 0 Å². The number of methoxy groups -OCH3 is 1. The second kappa shape index (κ2) is 7.23. The maximum absolute atomic E-state index is 5.50. The fourth-order valence-corrected chi connectivity index (χ4v) is 3.26. The fraction of sp³-hybridized carbons (Fsp3) is 0.333. The van der Waals surface area contributed by atoms with Crippen molar-refractivity contribution in [2.24, 2.45) is 0 Å². The van der Waals surface area contributed by atoms with Gasteiger partial charge in [0.15, 0.2) is 0 Å². The molecule has 0 N–H and O–H groups in total. The summed E-state index contributed by atoms with van der Waals surface area (Å²) in [6.07, 6.45) is 8.70. The predicted octanol–water partition coefficient (Wildman–Crippen LogP) is 3.69. The molecule has 1 atom stereocenters. The summed E-state index contributed by atoms with van der Waals surface area (Å²) in [5.41, 5.74) is 0.979. The Balaban J connectivity index is 1.86. The standard InChI is InChI=1S/C21H21NO/c1-3-15-22-16-7-10-18(22)9-6-12-20-19-11-5-4-8-17(19)13-14-21(20)23-2/h1,4-5,8,11,13-14,18H,7,9-10,15-16H2,2H3/t18-/m1/s1. The summed E-state index contributed by atoms with van der Waals surface area (Å²) >= 11 is 0. The van der Waals surface area contributed by atoms with Crippen molar-refractivity contribution in [3.8, 4) is 29.9 Å². The summed E-state index contributed by atoms with van der Waals surface area (Å²) in [6.45, 7) is 1.82. The van der Waals surface area contributed by atoms with Gasteiger partial charge in [-0.1, -0.05) is 48.1 Å². The molecule has 1 saturated heterocycles. The lowest BCUT2D eigenvalue weighted by atomic mass is 10.0. The minimum atomic E-state index is 0.486. The summed E-state index contributed by atoms with van der Waals surface area (Å²) in [7, 11) is 1.70. The third-order valence-electron chi connectivity index (χ3n) is 4.46. The minimum Gasteiger partial charge on any atom is -0.495 e. The highest BCUT2D eigenvalue weighted by atomic mass is 16.5. The summed E-state index contributed by atoms with van der Waals surface area (Å²) in [6, 6.07) is 12.8. The molecule has 0 saturated carbocycles. The van der Waals surface area contributed by atoms with Gasteiger partial charge < -0.3 is 4.74 Å². The first-order chi connectivity index (χ1) is 11.3. The molecule has 0 aromatic heterocycles. The highest BCUT2D eigenvalue weighted by Crippen LogP contribution is 2.27. The molecule has 23 heavy (non-hydrogen) atoms. The quantitative estimate of drug-likeness (QED) is 0.802. The number of benzene rings is 2. The van der Waals surface area contributed by atoms with Crippen LogP contribution in [0.2, 0.25) is 0 Å². The van der Waals surface area contributed by atoms with Gasteiger partial charge in [-0.15, -0.1) is 6.42 Å². The van der Waals surface area contributed by atoms with Crippen molar-refractivity contribution in [2.45, 2.75) is 25.3 Å². The smallest absolute Gasteiger partial charge is 0.135 e. The highest BCUT2D eigenvalue weighted by Gasteiger charge is 2.22. The summed E-state index contributed by atoms with van der Waals surface area (Å²) in [5, 5.41) is 2.33. The molecule has 0 unspecified atom stereocenters. The highest BCUT2D eigenvalue weighted by molar-refractivity contribution is 5.90. The molecule has 0 amide bonds. The molecular weight excluding hydrogens is 282 g/mol. The van der Waals surface area contributed by atoms with E-state index in [1.807, 2.05) is 18.2 Å². The van der Waals surface area contributed by atoms with Gasteiger partial charge in [0, 0.05) is 17.8 Å². The van der Waals surface area contributed by atoms with E-state index in [-0.39, 0.29) is 0 Å². The van der Waals surface area contributed by atoms with E-state index in [2.05, 4.69) is 40.9 Å². The number of rotatable bonds is 3. The second-order valence-electron chi connectivity index (χ2n) is 5.84. The Bertz CT molecular complexity index is 791. The van der Waals surface area contributed by atoms with Gasteiger partial charge in [0.05, 0.1) is 19.2 Å². The molecule has 0 bridgehead atoms. The molecule has 0 spiro atoms. The van der Waals surface area contributed by atoms with Gasteiger partial charge in [-0.05, 0) is 30.8 Å². The average molecular weight is 303 g/mol. The van der Waals surface area contributed by atoms with Gasteiger partial charge >= 0.3 is 0 Å². The van der Waals surface area contributed by atoms with Crippen LogP contribution < -0.4 is 4.74 Å².